The van der Waals surface area contributed by atoms with Crippen LogP contribution in [0.3, 0.4) is 0 Å². The molecule has 1 N–H and O–H groups in total. The van der Waals surface area contributed by atoms with Crippen LogP contribution in [0.4, 0.5) is 19.0 Å². The van der Waals surface area contributed by atoms with Crippen molar-refractivity contribution < 1.29 is 30.9 Å². The zero-order valence-electron chi connectivity index (χ0n) is 15.1. The lowest BCUT2D eigenvalue weighted by Gasteiger charge is -2.16. The molecule has 0 radical (unpaired) electrons. The highest BCUT2D eigenvalue weighted by Crippen LogP contribution is 2.33. The third-order valence-corrected chi connectivity index (χ3v) is 5.84. The highest BCUT2D eigenvalue weighted by atomic mass is 35.5. The molecule has 0 atom stereocenters. The van der Waals surface area contributed by atoms with Crippen molar-refractivity contribution in [3.8, 4) is 22.8 Å². The first-order valence-corrected chi connectivity index (χ1v) is 10.7. The number of aromatic nitrogens is 2. The van der Waals surface area contributed by atoms with E-state index in [2.05, 4.69) is 9.71 Å². The lowest BCUT2D eigenvalue weighted by molar-refractivity contribution is -0.679. The number of fused-ring (bicyclic) bond motifs is 1. The van der Waals surface area contributed by atoms with Gasteiger partial charge in [-0.3, -0.25) is 0 Å². The van der Waals surface area contributed by atoms with Gasteiger partial charge >= 0.3 is 16.2 Å². The number of rotatable bonds is 3. The Morgan fingerprint density at radius 1 is 1.13 bits per heavy atom. The fourth-order valence-corrected chi connectivity index (χ4v) is 4.29. The molecular weight excluding hydrogens is 443 g/mol. The predicted molar refractivity (Wildman–Crippen MR) is 104 cm³/mol. The van der Waals surface area contributed by atoms with Crippen LogP contribution in [0.1, 0.15) is 5.56 Å². The quantitative estimate of drug-likeness (QED) is 0.598. The summed E-state index contributed by atoms with van der Waals surface area (Å²) in [6, 6.07) is 9.70. The maximum atomic E-state index is 12.8. The minimum absolute atomic E-state index is 0.0543. The largest absolute Gasteiger partial charge is 0.439 e. The molecule has 1 aliphatic heterocycles. The number of ether oxygens (including phenoxy) is 1. The first-order chi connectivity index (χ1) is 14.1. The van der Waals surface area contributed by atoms with E-state index in [0.29, 0.717) is 22.0 Å². The van der Waals surface area contributed by atoms with E-state index in [9.17, 15) is 21.6 Å². The van der Waals surface area contributed by atoms with Gasteiger partial charge in [0.05, 0.1) is 16.1 Å². The molecule has 0 bridgehead atoms. The van der Waals surface area contributed by atoms with Crippen LogP contribution in [0.25, 0.3) is 11.1 Å². The SMILES string of the molecule is O=S1(=O)CC[n+]2cc(Cl)cc(-c3ccc(Oc4cc(C(F)(F)F)ccn4)cc3)c2N1. The van der Waals surface area contributed by atoms with Crippen LogP contribution in [0.5, 0.6) is 11.6 Å². The van der Waals surface area contributed by atoms with Crippen LogP contribution in [-0.4, -0.2) is 19.2 Å². The molecule has 0 saturated heterocycles. The summed E-state index contributed by atoms with van der Waals surface area (Å²) in [7, 11) is -3.44. The third-order valence-electron chi connectivity index (χ3n) is 4.41. The predicted octanol–water partition coefficient (Wildman–Crippen LogP) is 4.26. The molecule has 1 aromatic carbocycles. The van der Waals surface area contributed by atoms with Gasteiger partial charge in [0.1, 0.15) is 24.2 Å². The van der Waals surface area contributed by atoms with Gasteiger partial charge < -0.3 is 4.74 Å². The second kappa shape index (κ2) is 7.44. The highest BCUT2D eigenvalue weighted by Gasteiger charge is 2.32. The standard InChI is InChI=1S/C19H13ClF3N3O3S/c20-14-10-16(18-25-30(27,28)8-7-26(18)11-14)12-1-3-15(4-2-12)29-17-9-13(5-6-24-17)19(21,22)23/h1-6,9-11H,7-8H2/p+1. The van der Waals surface area contributed by atoms with Gasteiger partial charge in [-0.2, -0.15) is 26.3 Å². The second-order valence-corrected chi connectivity index (χ2v) is 8.82. The van der Waals surface area contributed by atoms with Gasteiger partial charge in [0.2, 0.25) is 5.88 Å². The highest BCUT2D eigenvalue weighted by molar-refractivity contribution is 7.92. The maximum absolute atomic E-state index is 12.8. The van der Waals surface area contributed by atoms with Gasteiger partial charge in [0.25, 0.3) is 5.82 Å². The third kappa shape index (κ3) is 4.34. The van der Waals surface area contributed by atoms with E-state index < -0.39 is 21.8 Å². The molecule has 0 aliphatic carbocycles. The van der Waals surface area contributed by atoms with Crippen molar-refractivity contribution >= 4 is 27.4 Å². The number of hydrogen-bond donors (Lipinski definition) is 1. The summed E-state index contributed by atoms with van der Waals surface area (Å²) >= 11 is 6.17. The second-order valence-electron chi connectivity index (χ2n) is 6.54. The van der Waals surface area contributed by atoms with Gasteiger partial charge in [-0.1, -0.05) is 23.7 Å². The number of hydrogen-bond acceptors (Lipinski definition) is 4. The molecule has 0 saturated carbocycles. The first-order valence-electron chi connectivity index (χ1n) is 8.66. The van der Waals surface area contributed by atoms with Crippen molar-refractivity contribution in [1.29, 1.82) is 0 Å². The Hall–Kier alpha value is -2.85. The van der Waals surface area contributed by atoms with E-state index in [1.54, 1.807) is 41.1 Å². The maximum Gasteiger partial charge on any atom is 0.416 e. The van der Waals surface area contributed by atoms with Gasteiger partial charge in [-0.05, 0) is 29.8 Å². The van der Waals surface area contributed by atoms with Crippen molar-refractivity contribution in [2.24, 2.45) is 0 Å². The Morgan fingerprint density at radius 2 is 1.87 bits per heavy atom. The summed E-state index contributed by atoms with van der Waals surface area (Å²) in [5.41, 5.74) is 0.351. The molecule has 0 spiro atoms. The number of anilines is 1. The van der Waals surface area contributed by atoms with Gasteiger partial charge in [-0.15, -0.1) is 0 Å². The van der Waals surface area contributed by atoms with E-state index in [1.807, 2.05) is 0 Å². The Kier molecular flexibility index (Phi) is 5.07. The van der Waals surface area contributed by atoms with Crippen molar-refractivity contribution in [1.82, 2.24) is 4.98 Å². The van der Waals surface area contributed by atoms with Crippen molar-refractivity contribution in [3.63, 3.8) is 0 Å². The number of halogens is 4. The molecule has 11 heteroatoms. The van der Waals surface area contributed by atoms with E-state index in [-0.39, 0.29) is 23.9 Å². The van der Waals surface area contributed by atoms with Crippen molar-refractivity contribution in [2.75, 3.05) is 10.5 Å². The summed E-state index contributed by atoms with van der Waals surface area (Å²) < 4.78 is 72.1. The zero-order valence-corrected chi connectivity index (χ0v) is 16.7. The number of pyridine rings is 2. The fraction of sp³-hybridized carbons (Fsp3) is 0.158. The van der Waals surface area contributed by atoms with Crippen molar-refractivity contribution in [2.45, 2.75) is 12.7 Å². The van der Waals surface area contributed by atoms with Crippen LogP contribution in [0.15, 0.2) is 54.9 Å². The molecule has 30 heavy (non-hydrogen) atoms. The summed E-state index contributed by atoms with van der Waals surface area (Å²) in [5, 5.41) is 0.434. The Bertz CT molecular complexity index is 1220. The molecule has 2 aromatic heterocycles. The van der Waals surface area contributed by atoms with E-state index in [1.165, 1.54) is 0 Å². The average Bonchev–Trinajstić information content (AvgIpc) is 2.68. The fourth-order valence-electron chi connectivity index (χ4n) is 3.00. The van der Waals surface area contributed by atoms with Crippen LogP contribution < -0.4 is 14.0 Å². The summed E-state index contributed by atoms with van der Waals surface area (Å²) in [6.45, 7) is 0.265. The summed E-state index contributed by atoms with van der Waals surface area (Å²) in [6.07, 6.45) is -1.84. The van der Waals surface area contributed by atoms with Crippen molar-refractivity contribution in [3.05, 3.63) is 65.4 Å². The smallest absolute Gasteiger partial charge is 0.416 e. The number of benzene rings is 1. The average molecular weight is 457 g/mol. The van der Waals surface area contributed by atoms with Crippen LogP contribution in [-0.2, 0) is 22.7 Å². The first kappa shape index (κ1) is 20.4. The Morgan fingerprint density at radius 3 is 2.57 bits per heavy atom. The molecule has 0 amide bonds. The van der Waals surface area contributed by atoms with Gasteiger partial charge in [-0.25, -0.2) is 9.55 Å². The van der Waals surface area contributed by atoms with Crippen LogP contribution in [0.2, 0.25) is 5.02 Å². The molecule has 1 aliphatic rings. The molecular formula is C19H14ClF3N3O3S+. The molecule has 3 heterocycles. The van der Waals surface area contributed by atoms with E-state index in [4.69, 9.17) is 16.3 Å². The molecule has 6 nitrogen and oxygen atoms in total. The topological polar surface area (TPSA) is 72.2 Å². The lowest BCUT2D eigenvalue weighted by atomic mass is 10.1. The summed E-state index contributed by atoms with van der Waals surface area (Å²) in [5.74, 6) is 0.413. The molecule has 3 aromatic rings. The monoisotopic (exact) mass is 456 g/mol. The minimum Gasteiger partial charge on any atom is -0.439 e. The number of alkyl halides is 3. The number of sulfonamides is 1. The Labute approximate surface area is 175 Å². The van der Waals surface area contributed by atoms with Crippen LogP contribution in [0, 0.1) is 0 Å². The van der Waals surface area contributed by atoms with Gasteiger partial charge in [0, 0.05) is 12.3 Å². The zero-order chi connectivity index (χ0) is 21.5. The van der Waals surface area contributed by atoms with E-state index in [0.717, 1.165) is 18.3 Å². The van der Waals surface area contributed by atoms with Crippen LogP contribution >= 0.6 is 11.6 Å². The Balaban J connectivity index is 1.63. The number of aryl methyl sites for hydroxylation is 1. The van der Waals surface area contributed by atoms with E-state index >= 15 is 0 Å². The van der Waals surface area contributed by atoms with Gasteiger partial charge in [0.15, 0.2) is 0 Å². The minimum atomic E-state index is -4.50. The molecule has 156 valence electrons. The molecule has 4 rings (SSSR count). The number of nitrogens with zero attached hydrogens (tertiary/aromatic N) is 2. The normalized spacial score (nSPS) is 15.2. The lowest BCUT2D eigenvalue weighted by Crippen LogP contribution is -2.47. The molecule has 0 unspecified atom stereocenters. The molecule has 0 fully saturated rings. The number of nitrogens with one attached hydrogen (secondary N) is 1. The summed E-state index contributed by atoms with van der Waals surface area (Å²) in [4.78, 5) is 3.79.